The van der Waals surface area contributed by atoms with Crippen molar-refractivity contribution in [3.63, 3.8) is 0 Å². The standard InChI is InChI=1S/C11H20N2OS/c1-9(15)11(14)13-7-3-6-12-5-2-4-10(12)8-13/h9-10,15H,2-8H2,1H3. The molecule has 2 aliphatic rings. The Bertz CT molecular complexity index is 245. The van der Waals surface area contributed by atoms with Crippen LogP contribution in [0.4, 0.5) is 0 Å². The van der Waals surface area contributed by atoms with E-state index in [9.17, 15) is 4.79 Å². The number of nitrogens with zero attached hydrogens (tertiary/aromatic N) is 2. The minimum Gasteiger partial charge on any atom is -0.340 e. The Kier molecular flexibility index (Phi) is 3.57. The first-order chi connectivity index (χ1) is 7.18. The highest BCUT2D eigenvalue weighted by atomic mass is 32.1. The molecule has 2 saturated heterocycles. The molecule has 0 N–H and O–H groups in total. The first-order valence-corrected chi connectivity index (χ1v) is 6.41. The zero-order chi connectivity index (χ0) is 10.8. The van der Waals surface area contributed by atoms with Gasteiger partial charge in [-0.25, -0.2) is 0 Å². The molecule has 2 atom stereocenters. The van der Waals surface area contributed by atoms with Crippen molar-refractivity contribution in [1.82, 2.24) is 9.80 Å². The lowest BCUT2D eigenvalue weighted by Gasteiger charge is -2.26. The zero-order valence-electron chi connectivity index (χ0n) is 9.35. The molecule has 2 heterocycles. The summed E-state index contributed by atoms with van der Waals surface area (Å²) in [5.74, 6) is 0.201. The second-order valence-corrected chi connectivity index (χ2v) is 5.42. The predicted octanol–water partition coefficient (Wildman–Crippen LogP) is 1.00. The van der Waals surface area contributed by atoms with E-state index < -0.39 is 0 Å². The summed E-state index contributed by atoms with van der Waals surface area (Å²) in [4.78, 5) is 16.4. The predicted molar refractivity (Wildman–Crippen MR) is 64.2 cm³/mol. The number of hydrogen-bond acceptors (Lipinski definition) is 3. The fourth-order valence-electron chi connectivity index (χ4n) is 2.67. The normalized spacial score (nSPS) is 29.7. The van der Waals surface area contributed by atoms with E-state index >= 15 is 0 Å². The van der Waals surface area contributed by atoms with Gasteiger partial charge in [-0.2, -0.15) is 12.6 Å². The van der Waals surface area contributed by atoms with Crippen LogP contribution in [0.5, 0.6) is 0 Å². The average molecular weight is 228 g/mol. The van der Waals surface area contributed by atoms with E-state index in [0.717, 1.165) is 26.1 Å². The number of fused-ring (bicyclic) bond motifs is 1. The first kappa shape index (κ1) is 11.3. The second kappa shape index (κ2) is 4.74. The van der Waals surface area contributed by atoms with E-state index in [2.05, 4.69) is 17.5 Å². The molecule has 0 radical (unpaired) electrons. The van der Waals surface area contributed by atoms with E-state index in [1.807, 2.05) is 11.8 Å². The van der Waals surface area contributed by atoms with Crippen molar-refractivity contribution in [3.05, 3.63) is 0 Å². The smallest absolute Gasteiger partial charge is 0.235 e. The summed E-state index contributed by atoms with van der Waals surface area (Å²) in [5.41, 5.74) is 0. The summed E-state index contributed by atoms with van der Waals surface area (Å²) >= 11 is 4.23. The van der Waals surface area contributed by atoms with E-state index in [1.165, 1.54) is 19.4 Å². The fourth-order valence-corrected chi connectivity index (χ4v) is 2.83. The van der Waals surface area contributed by atoms with Crippen molar-refractivity contribution in [2.45, 2.75) is 37.5 Å². The van der Waals surface area contributed by atoms with Crippen molar-refractivity contribution in [3.8, 4) is 0 Å². The van der Waals surface area contributed by atoms with Gasteiger partial charge in [-0.05, 0) is 32.7 Å². The number of hydrogen-bond donors (Lipinski definition) is 1. The van der Waals surface area contributed by atoms with Gasteiger partial charge < -0.3 is 4.90 Å². The molecule has 15 heavy (non-hydrogen) atoms. The van der Waals surface area contributed by atoms with Gasteiger partial charge in [0.25, 0.3) is 0 Å². The zero-order valence-corrected chi connectivity index (χ0v) is 10.2. The quantitative estimate of drug-likeness (QED) is 0.677. The van der Waals surface area contributed by atoms with Crippen LogP contribution < -0.4 is 0 Å². The van der Waals surface area contributed by atoms with Crippen molar-refractivity contribution in [1.29, 1.82) is 0 Å². The molecule has 0 aliphatic carbocycles. The molecule has 0 bridgehead atoms. The van der Waals surface area contributed by atoms with Gasteiger partial charge in [0.05, 0.1) is 5.25 Å². The van der Waals surface area contributed by atoms with Crippen LogP contribution in [-0.4, -0.2) is 53.2 Å². The van der Waals surface area contributed by atoms with Crippen LogP contribution in [0.2, 0.25) is 0 Å². The van der Waals surface area contributed by atoms with E-state index in [0.29, 0.717) is 6.04 Å². The Balaban J connectivity index is 1.99. The Morgan fingerprint density at radius 3 is 2.80 bits per heavy atom. The van der Waals surface area contributed by atoms with Crippen molar-refractivity contribution in [2.75, 3.05) is 26.2 Å². The van der Waals surface area contributed by atoms with Crippen molar-refractivity contribution < 1.29 is 4.79 Å². The van der Waals surface area contributed by atoms with Gasteiger partial charge in [-0.1, -0.05) is 0 Å². The number of rotatable bonds is 1. The average Bonchev–Trinajstić information content (AvgIpc) is 2.54. The Morgan fingerprint density at radius 2 is 2.07 bits per heavy atom. The van der Waals surface area contributed by atoms with Crippen LogP contribution in [0.15, 0.2) is 0 Å². The number of carbonyl (C=O) groups is 1. The molecule has 86 valence electrons. The van der Waals surface area contributed by atoms with Crippen LogP contribution in [0, 0.1) is 0 Å². The summed E-state index contributed by atoms with van der Waals surface area (Å²) in [5, 5.41) is -0.155. The van der Waals surface area contributed by atoms with Crippen molar-refractivity contribution >= 4 is 18.5 Å². The van der Waals surface area contributed by atoms with Crippen molar-refractivity contribution in [2.24, 2.45) is 0 Å². The number of carbonyl (C=O) groups excluding carboxylic acids is 1. The number of amides is 1. The monoisotopic (exact) mass is 228 g/mol. The lowest BCUT2D eigenvalue weighted by molar-refractivity contribution is -0.130. The lowest BCUT2D eigenvalue weighted by atomic mass is 10.2. The lowest BCUT2D eigenvalue weighted by Crippen LogP contribution is -2.42. The SMILES string of the molecule is CC(S)C(=O)N1CCCN2CCCC2C1. The highest BCUT2D eigenvalue weighted by Crippen LogP contribution is 2.21. The molecule has 0 aromatic rings. The molecule has 2 rings (SSSR count). The Labute approximate surface area is 97.2 Å². The first-order valence-electron chi connectivity index (χ1n) is 5.89. The molecule has 0 saturated carbocycles. The maximum absolute atomic E-state index is 11.9. The summed E-state index contributed by atoms with van der Waals surface area (Å²) in [6, 6.07) is 0.614. The summed E-state index contributed by atoms with van der Waals surface area (Å²) in [6.45, 7) is 6.09. The third-order valence-corrected chi connectivity index (χ3v) is 3.69. The number of thiol groups is 1. The van der Waals surface area contributed by atoms with Gasteiger partial charge in [-0.3, -0.25) is 9.69 Å². The molecule has 1 amide bonds. The van der Waals surface area contributed by atoms with Gasteiger partial charge in [-0.15, -0.1) is 0 Å². The minimum atomic E-state index is -0.155. The van der Waals surface area contributed by atoms with Gasteiger partial charge in [0, 0.05) is 25.7 Å². The molecular weight excluding hydrogens is 208 g/mol. The van der Waals surface area contributed by atoms with Crippen LogP contribution in [0.25, 0.3) is 0 Å². The molecule has 0 aromatic heterocycles. The maximum atomic E-state index is 11.9. The molecule has 3 nitrogen and oxygen atoms in total. The highest BCUT2D eigenvalue weighted by molar-refractivity contribution is 7.81. The van der Waals surface area contributed by atoms with Gasteiger partial charge in [0.15, 0.2) is 0 Å². The van der Waals surface area contributed by atoms with Crippen LogP contribution in [0.3, 0.4) is 0 Å². The molecule has 2 fully saturated rings. The fraction of sp³-hybridized carbons (Fsp3) is 0.909. The molecule has 2 aliphatic heterocycles. The van der Waals surface area contributed by atoms with E-state index in [4.69, 9.17) is 0 Å². The van der Waals surface area contributed by atoms with Crippen LogP contribution in [-0.2, 0) is 4.79 Å². The minimum absolute atomic E-state index is 0.155. The van der Waals surface area contributed by atoms with E-state index in [-0.39, 0.29) is 11.2 Å². The topological polar surface area (TPSA) is 23.6 Å². The molecule has 2 unspecified atom stereocenters. The molecule has 4 heteroatoms. The maximum Gasteiger partial charge on any atom is 0.235 e. The highest BCUT2D eigenvalue weighted by Gasteiger charge is 2.31. The van der Waals surface area contributed by atoms with Crippen LogP contribution >= 0.6 is 12.6 Å². The van der Waals surface area contributed by atoms with E-state index in [1.54, 1.807) is 0 Å². The van der Waals surface area contributed by atoms with Gasteiger partial charge in [0.1, 0.15) is 0 Å². The summed E-state index contributed by atoms with van der Waals surface area (Å²) in [7, 11) is 0. The third kappa shape index (κ3) is 2.48. The van der Waals surface area contributed by atoms with Gasteiger partial charge in [0.2, 0.25) is 5.91 Å². The largest absolute Gasteiger partial charge is 0.340 e. The molecule has 0 aromatic carbocycles. The Hall–Kier alpha value is -0.220. The Morgan fingerprint density at radius 1 is 1.33 bits per heavy atom. The summed E-state index contributed by atoms with van der Waals surface area (Å²) in [6.07, 6.45) is 3.66. The third-order valence-electron chi connectivity index (χ3n) is 3.47. The molecule has 0 spiro atoms. The van der Waals surface area contributed by atoms with Crippen LogP contribution in [0.1, 0.15) is 26.2 Å². The second-order valence-electron chi connectivity index (χ2n) is 4.65. The summed E-state index contributed by atoms with van der Waals surface area (Å²) < 4.78 is 0. The van der Waals surface area contributed by atoms with Gasteiger partial charge >= 0.3 is 0 Å². The molecular formula is C11H20N2OS.